The van der Waals surface area contributed by atoms with E-state index in [9.17, 15) is 0 Å². The summed E-state index contributed by atoms with van der Waals surface area (Å²) in [5.74, 6) is 0.742. The Bertz CT molecular complexity index is 197. The second-order valence-corrected chi connectivity index (χ2v) is 5.62. The quantitative estimate of drug-likeness (QED) is 0.775. The van der Waals surface area contributed by atoms with Crippen molar-refractivity contribution in [2.75, 3.05) is 13.2 Å². The Labute approximate surface area is 93.8 Å². The summed E-state index contributed by atoms with van der Waals surface area (Å²) in [4.78, 5) is 0. The monoisotopic (exact) mass is 211 g/mol. The van der Waals surface area contributed by atoms with Crippen LogP contribution in [-0.2, 0) is 4.74 Å². The van der Waals surface area contributed by atoms with Crippen molar-refractivity contribution < 1.29 is 4.74 Å². The van der Waals surface area contributed by atoms with E-state index in [1.807, 2.05) is 0 Å². The fraction of sp³-hybridized carbons (Fsp3) is 1.00. The number of ether oxygens (including phenoxy) is 1. The summed E-state index contributed by atoms with van der Waals surface area (Å²) in [7, 11) is 0. The van der Waals surface area contributed by atoms with E-state index < -0.39 is 0 Å². The molecule has 15 heavy (non-hydrogen) atoms. The molecule has 0 aromatic heterocycles. The van der Waals surface area contributed by atoms with Crippen molar-refractivity contribution >= 4 is 0 Å². The first-order chi connectivity index (χ1) is 7.23. The molecule has 2 heteroatoms. The van der Waals surface area contributed by atoms with E-state index in [1.54, 1.807) is 0 Å². The smallest absolute Gasteiger partial charge is 0.0835 e. The molecule has 0 aromatic carbocycles. The van der Waals surface area contributed by atoms with Gasteiger partial charge in [-0.05, 0) is 31.7 Å². The van der Waals surface area contributed by atoms with Crippen molar-refractivity contribution in [2.24, 2.45) is 5.92 Å². The van der Waals surface area contributed by atoms with Gasteiger partial charge in [-0.15, -0.1) is 0 Å². The first kappa shape index (κ1) is 11.4. The van der Waals surface area contributed by atoms with Crippen molar-refractivity contribution in [3.05, 3.63) is 0 Å². The molecule has 2 nitrogen and oxygen atoms in total. The zero-order valence-electron chi connectivity index (χ0n) is 10.2. The molecule has 1 unspecified atom stereocenters. The highest BCUT2D eigenvalue weighted by Crippen LogP contribution is 2.39. The average molecular weight is 211 g/mol. The third-order valence-electron chi connectivity index (χ3n) is 3.90. The summed E-state index contributed by atoms with van der Waals surface area (Å²) >= 11 is 0. The van der Waals surface area contributed by atoms with Crippen LogP contribution in [-0.4, -0.2) is 24.8 Å². The molecule has 1 heterocycles. The third-order valence-corrected chi connectivity index (χ3v) is 3.90. The van der Waals surface area contributed by atoms with Gasteiger partial charge in [0.2, 0.25) is 0 Å². The predicted octanol–water partition coefficient (Wildman–Crippen LogP) is 2.72. The molecule has 1 saturated carbocycles. The number of nitrogens with one attached hydrogen (secondary N) is 1. The van der Waals surface area contributed by atoms with Gasteiger partial charge in [-0.1, -0.05) is 33.1 Å². The Balaban J connectivity index is 1.91. The van der Waals surface area contributed by atoms with E-state index in [2.05, 4.69) is 19.2 Å². The second-order valence-electron chi connectivity index (χ2n) is 5.62. The second kappa shape index (κ2) is 4.84. The van der Waals surface area contributed by atoms with Crippen LogP contribution in [0.5, 0.6) is 0 Å². The van der Waals surface area contributed by atoms with Crippen LogP contribution in [0.25, 0.3) is 0 Å². The SMILES string of the molecule is CC(C)CNC1CCOC12CCCCC2. The lowest BCUT2D eigenvalue weighted by Crippen LogP contribution is -2.49. The first-order valence-corrected chi connectivity index (χ1v) is 6.60. The highest BCUT2D eigenvalue weighted by atomic mass is 16.5. The third kappa shape index (κ3) is 2.54. The van der Waals surface area contributed by atoms with E-state index in [0.29, 0.717) is 6.04 Å². The molecule has 1 N–H and O–H groups in total. The van der Waals surface area contributed by atoms with E-state index in [4.69, 9.17) is 4.74 Å². The lowest BCUT2D eigenvalue weighted by molar-refractivity contribution is -0.0389. The highest BCUT2D eigenvalue weighted by molar-refractivity contribution is 4.99. The van der Waals surface area contributed by atoms with Crippen LogP contribution in [0.15, 0.2) is 0 Å². The number of hydrogen-bond acceptors (Lipinski definition) is 2. The van der Waals surface area contributed by atoms with Gasteiger partial charge < -0.3 is 10.1 Å². The van der Waals surface area contributed by atoms with Crippen molar-refractivity contribution in [2.45, 2.75) is 64.0 Å². The summed E-state index contributed by atoms with van der Waals surface area (Å²) in [6.45, 7) is 6.65. The molecular weight excluding hydrogens is 186 g/mol. The minimum Gasteiger partial charge on any atom is -0.373 e. The van der Waals surface area contributed by atoms with Crippen LogP contribution in [0.2, 0.25) is 0 Å². The maximum atomic E-state index is 6.06. The van der Waals surface area contributed by atoms with Crippen LogP contribution >= 0.6 is 0 Å². The lowest BCUT2D eigenvalue weighted by atomic mass is 9.79. The molecule has 88 valence electrons. The molecule has 1 atom stereocenters. The first-order valence-electron chi connectivity index (χ1n) is 6.60. The van der Waals surface area contributed by atoms with Crippen LogP contribution < -0.4 is 5.32 Å². The Morgan fingerprint density at radius 3 is 2.67 bits per heavy atom. The normalized spacial score (nSPS) is 30.2. The summed E-state index contributed by atoms with van der Waals surface area (Å²) in [5, 5.41) is 3.72. The lowest BCUT2D eigenvalue weighted by Gasteiger charge is -2.38. The molecule has 1 saturated heterocycles. The molecule has 2 fully saturated rings. The van der Waals surface area contributed by atoms with Crippen LogP contribution in [0.3, 0.4) is 0 Å². The number of hydrogen-bond donors (Lipinski definition) is 1. The zero-order chi connectivity index (χ0) is 10.7. The highest BCUT2D eigenvalue weighted by Gasteiger charge is 2.44. The summed E-state index contributed by atoms with van der Waals surface area (Å²) in [5.41, 5.74) is 0.215. The fourth-order valence-corrected chi connectivity index (χ4v) is 3.05. The van der Waals surface area contributed by atoms with Gasteiger partial charge in [-0.3, -0.25) is 0 Å². The largest absolute Gasteiger partial charge is 0.373 e. The summed E-state index contributed by atoms with van der Waals surface area (Å²) < 4.78 is 6.06. The van der Waals surface area contributed by atoms with E-state index in [1.165, 1.54) is 38.5 Å². The molecule has 1 aliphatic carbocycles. The molecule has 2 aliphatic rings. The Kier molecular flexibility index (Phi) is 3.68. The molecule has 0 amide bonds. The van der Waals surface area contributed by atoms with Crippen molar-refractivity contribution in [3.63, 3.8) is 0 Å². The van der Waals surface area contributed by atoms with Crippen LogP contribution in [0.4, 0.5) is 0 Å². The Morgan fingerprint density at radius 1 is 1.27 bits per heavy atom. The Morgan fingerprint density at radius 2 is 2.00 bits per heavy atom. The van der Waals surface area contributed by atoms with E-state index >= 15 is 0 Å². The van der Waals surface area contributed by atoms with Gasteiger partial charge in [0, 0.05) is 12.6 Å². The van der Waals surface area contributed by atoms with Gasteiger partial charge in [0.05, 0.1) is 5.60 Å². The zero-order valence-corrected chi connectivity index (χ0v) is 10.2. The fourth-order valence-electron chi connectivity index (χ4n) is 3.05. The topological polar surface area (TPSA) is 21.3 Å². The average Bonchev–Trinajstić information content (AvgIpc) is 2.59. The van der Waals surface area contributed by atoms with Gasteiger partial charge in [0.1, 0.15) is 0 Å². The molecule has 0 bridgehead atoms. The van der Waals surface area contributed by atoms with Gasteiger partial charge in [-0.25, -0.2) is 0 Å². The van der Waals surface area contributed by atoms with Gasteiger partial charge in [-0.2, -0.15) is 0 Å². The van der Waals surface area contributed by atoms with Crippen LogP contribution in [0.1, 0.15) is 52.4 Å². The predicted molar refractivity (Wildman–Crippen MR) is 63.0 cm³/mol. The molecule has 2 rings (SSSR count). The summed E-state index contributed by atoms with van der Waals surface area (Å²) in [6.07, 6.45) is 7.90. The van der Waals surface area contributed by atoms with E-state index in [0.717, 1.165) is 19.1 Å². The van der Waals surface area contributed by atoms with Crippen molar-refractivity contribution in [3.8, 4) is 0 Å². The van der Waals surface area contributed by atoms with Crippen LogP contribution in [0, 0.1) is 5.92 Å². The standard InChI is InChI=1S/C13H25NO/c1-11(2)10-14-12-6-9-15-13(12)7-4-3-5-8-13/h11-12,14H,3-10H2,1-2H3. The van der Waals surface area contributed by atoms with Gasteiger partial charge in [0.15, 0.2) is 0 Å². The molecule has 0 aromatic rings. The Hall–Kier alpha value is -0.0800. The molecule has 0 radical (unpaired) electrons. The molecular formula is C13H25NO. The number of rotatable bonds is 3. The minimum absolute atomic E-state index is 0.215. The maximum Gasteiger partial charge on any atom is 0.0835 e. The minimum atomic E-state index is 0.215. The summed E-state index contributed by atoms with van der Waals surface area (Å²) in [6, 6.07) is 0.625. The molecule has 1 spiro atoms. The van der Waals surface area contributed by atoms with Gasteiger partial charge in [0.25, 0.3) is 0 Å². The van der Waals surface area contributed by atoms with Crippen molar-refractivity contribution in [1.82, 2.24) is 5.32 Å². The molecule has 1 aliphatic heterocycles. The van der Waals surface area contributed by atoms with Gasteiger partial charge >= 0.3 is 0 Å². The maximum absolute atomic E-state index is 6.06. The van der Waals surface area contributed by atoms with Crippen molar-refractivity contribution in [1.29, 1.82) is 0 Å². The van der Waals surface area contributed by atoms with E-state index in [-0.39, 0.29) is 5.60 Å².